The van der Waals surface area contributed by atoms with Gasteiger partial charge in [-0.1, -0.05) is 17.7 Å². The highest BCUT2D eigenvalue weighted by atomic mass is 35.5. The van der Waals surface area contributed by atoms with Crippen molar-refractivity contribution < 1.29 is 0 Å². The van der Waals surface area contributed by atoms with Crippen LogP contribution in [0, 0.1) is 0 Å². The fourth-order valence-corrected chi connectivity index (χ4v) is 2.79. The predicted octanol–water partition coefficient (Wildman–Crippen LogP) is 3.25. The summed E-state index contributed by atoms with van der Waals surface area (Å²) < 4.78 is 3.89. The van der Waals surface area contributed by atoms with Crippen LogP contribution in [0.25, 0.3) is 11.0 Å². The Morgan fingerprint density at radius 2 is 2.10 bits per heavy atom. The van der Waals surface area contributed by atoms with Gasteiger partial charge in [-0.25, -0.2) is 4.98 Å². The molecule has 20 heavy (non-hydrogen) atoms. The van der Waals surface area contributed by atoms with Gasteiger partial charge in [-0.05, 0) is 18.2 Å². The van der Waals surface area contributed by atoms with Gasteiger partial charge in [-0.3, -0.25) is 4.68 Å². The van der Waals surface area contributed by atoms with Gasteiger partial charge in [0.2, 0.25) is 0 Å². The maximum absolute atomic E-state index is 6.33. The number of hydrogen-bond acceptors (Lipinski definition) is 2. The molecule has 6 heteroatoms. The highest BCUT2D eigenvalue weighted by Crippen LogP contribution is 2.25. The molecule has 0 saturated carbocycles. The quantitative estimate of drug-likeness (QED) is 0.694. The van der Waals surface area contributed by atoms with Crippen molar-refractivity contribution in [2.75, 3.05) is 5.88 Å². The van der Waals surface area contributed by atoms with E-state index in [4.69, 9.17) is 23.2 Å². The molecule has 2 aromatic heterocycles. The van der Waals surface area contributed by atoms with E-state index in [1.807, 2.05) is 37.5 Å². The Kier molecular flexibility index (Phi) is 3.68. The van der Waals surface area contributed by atoms with Crippen molar-refractivity contribution in [2.24, 2.45) is 7.05 Å². The third-order valence-electron chi connectivity index (χ3n) is 3.20. The SMILES string of the molecule is Cn1ccc(Cn2c(CCCl)nc3cccc(Cl)c32)n1. The summed E-state index contributed by atoms with van der Waals surface area (Å²) >= 11 is 12.2. The first-order valence-electron chi connectivity index (χ1n) is 6.37. The molecule has 0 aliphatic heterocycles. The standard InChI is InChI=1S/C14H14Cl2N4/c1-19-8-6-10(18-19)9-20-13(5-7-15)17-12-4-2-3-11(16)14(12)20/h2-4,6,8H,5,7,9H2,1H3. The van der Waals surface area contributed by atoms with Crippen molar-refractivity contribution in [2.45, 2.75) is 13.0 Å². The van der Waals surface area contributed by atoms with Gasteiger partial charge in [-0.2, -0.15) is 5.10 Å². The molecule has 0 spiro atoms. The van der Waals surface area contributed by atoms with Gasteiger partial charge in [0, 0.05) is 25.5 Å². The lowest BCUT2D eigenvalue weighted by Gasteiger charge is -2.07. The number of imidazole rings is 1. The molecular weight excluding hydrogens is 295 g/mol. The number of para-hydroxylation sites is 1. The second-order valence-corrected chi connectivity index (χ2v) is 5.43. The Bertz CT molecular complexity index is 745. The Morgan fingerprint density at radius 3 is 2.80 bits per heavy atom. The Hall–Kier alpha value is -1.52. The minimum atomic E-state index is 0.531. The van der Waals surface area contributed by atoms with Gasteiger partial charge < -0.3 is 4.57 Å². The van der Waals surface area contributed by atoms with Crippen LogP contribution in [0.3, 0.4) is 0 Å². The molecule has 1 aromatic carbocycles. The van der Waals surface area contributed by atoms with E-state index in [-0.39, 0.29) is 0 Å². The highest BCUT2D eigenvalue weighted by molar-refractivity contribution is 6.35. The van der Waals surface area contributed by atoms with Crippen molar-refractivity contribution >= 4 is 34.2 Å². The molecule has 0 radical (unpaired) electrons. The second-order valence-electron chi connectivity index (χ2n) is 4.64. The van der Waals surface area contributed by atoms with Gasteiger partial charge in [0.1, 0.15) is 5.82 Å². The number of aromatic nitrogens is 4. The first kappa shape index (κ1) is 13.5. The molecule has 0 N–H and O–H groups in total. The smallest absolute Gasteiger partial charge is 0.111 e. The first-order chi connectivity index (χ1) is 9.69. The lowest BCUT2D eigenvalue weighted by molar-refractivity contribution is 0.694. The third-order valence-corrected chi connectivity index (χ3v) is 3.70. The fraction of sp³-hybridized carbons (Fsp3) is 0.286. The zero-order valence-corrected chi connectivity index (χ0v) is 12.6. The van der Waals surface area contributed by atoms with Crippen molar-refractivity contribution in [1.29, 1.82) is 0 Å². The average molecular weight is 309 g/mol. The van der Waals surface area contributed by atoms with E-state index in [1.165, 1.54) is 0 Å². The number of aryl methyl sites for hydroxylation is 2. The summed E-state index contributed by atoms with van der Waals surface area (Å²) in [5, 5.41) is 5.12. The summed E-state index contributed by atoms with van der Waals surface area (Å²) in [5.74, 6) is 1.47. The number of alkyl halides is 1. The number of halogens is 2. The molecule has 0 fully saturated rings. The van der Waals surface area contributed by atoms with Crippen LogP contribution in [-0.2, 0) is 20.0 Å². The van der Waals surface area contributed by atoms with E-state index in [0.717, 1.165) is 22.6 Å². The number of fused-ring (bicyclic) bond motifs is 1. The van der Waals surface area contributed by atoms with E-state index < -0.39 is 0 Å². The third kappa shape index (κ3) is 2.41. The predicted molar refractivity (Wildman–Crippen MR) is 81.5 cm³/mol. The topological polar surface area (TPSA) is 35.6 Å². The largest absolute Gasteiger partial charge is 0.321 e. The summed E-state index contributed by atoms with van der Waals surface area (Å²) in [7, 11) is 1.90. The van der Waals surface area contributed by atoms with E-state index in [9.17, 15) is 0 Å². The lowest BCUT2D eigenvalue weighted by Crippen LogP contribution is -2.07. The maximum Gasteiger partial charge on any atom is 0.111 e. The van der Waals surface area contributed by atoms with Gasteiger partial charge in [0.05, 0.1) is 28.3 Å². The van der Waals surface area contributed by atoms with Crippen molar-refractivity contribution in [3.05, 3.63) is 47.0 Å². The van der Waals surface area contributed by atoms with Crippen LogP contribution < -0.4 is 0 Å². The first-order valence-corrected chi connectivity index (χ1v) is 7.28. The van der Waals surface area contributed by atoms with Gasteiger partial charge >= 0.3 is 0 Å². The summed E-state index contributed by atoms with van der Waals surface area (Å²) in [6.07, 6.45) is 2.64. The highest BCUT2D eigenvalue weighted by Gasteiger charge is 2.14. The van der Waals surface area contributed by atoms with Crippen LogP contribution >= 0.6 is 23.2 Å². The summed E-state index contributed by atoms with van der Waals surface area (Å²) in [6, 6.07) is 7.75. The van der Waals surface area contributed by atoms with E-state index in [1.54, 1.807) is 4.68 Å². The number of nitrogens with zero attached hydrogens (tertiary/aromatic N) is 4. The molecule has 0 amide bonds. The molecule has 0 unspecified atom stereocenters. The number of benzene rings is 1. The monoisotopic (exact) mass is 308 g/mol. The summed E-state index contributed by atoms with van der Waals surface area (Å²) in [4.78, 5) is 4.63. The maximum atomic E-state index is 6.33. The Labute approximate surface area is 126 Å². The second kappa shape index (κ2) is 5.46. The van der Waals surface area contributed by atoms with Crippen LogP contribution in [0.5, 0.6) is 0 Å². The molecule has 0 aliphatic carbocycles. The average Bonchev–Trinajstić information content (AvgIpc) is 2.96. The fourth-order valence-electron chi connectivity index (χ4n) is 2.35. The van der Waals surface area contributed by atoms with Gasteiger partial charge in [0.25, 0.3) is 0 Å². The van der Waals surface area contributed by atoms with Gasteiger partial charge in [0.15, 0.2) is 0 Å². The van der Waals surface area contributed by atoms with Crippen LogP contribution in [-0.4, -0.2) is 25.2 Å². The number of hydrogen-bond donors (Lipinski definition) is 0. The van der Waals surface area contributed by atoms with Crippen molar-refractivity contribution in [3.63, 3.8) is 0 Å². The van der Waals surface area contributed by atoms with Crippen LogP contribution in [0.15, 0.2) is 30.5 Å². The Morgan fingerprint density at radius 1 is 1.25 bits per heavy atom. The molecule has 4 nitrogen and oxygen atoms in total. The molecule has 0 bridgehead atoms. The number of rotatable bonds is 4. The van der Waals surface area contributed by atoms with Crippen LogP contribution in [0.2, 0.25) is 5.02 Å². The molecule has 3 aromatic rings. The van der Waals surface area contributed by atoms with E-state index >= 15 is 0 Å². The van der Waals surface area contributed by atoms with E-state index in [0.29, 0.717) is 23.9 Å². The Balaban J connectivity index is 2.12. The van der Waals surface area contributed by atoms with E-state index in [2.05, 4.69) is 14.6 Å². The van der Waals surface area contributed by atoms with Crippen LogP contribution in [0.1, 0.15) is 11.5 Å². The van der Waals surface area contributed by atoms with Gasteiger partial charge in [-0.15, -0.1) is 11.6 Å². The molecule has 0 saturated heterocycles. The molecule has 0 aliphatic rings. The van der Waals surface area contributed by atoms with Crippen molar-refractivity contribution in [1.82, 2.24) is 19.3 Å². The molecule has 104 valence electrons. The summed E-state index contributed by atoms with van der Waals surface area (Å²) in [6.45, 7) is 0.646. The minimum absolute atomic E-state index is 0.531. The van der Waals surface area contributed by atoms with Crippen LogP contribution in [0.4, 0.5) is 0 Å². The zero-order valence-electron chi connectivity index (χ0n) is 11.1. The lowest BCUT2D eigenvalue weighted by atomic mass is 10.3. The molecule has 2 heterocycles. The normalized spacial score (nSPS) is 11.3. The molecular formula is C14H14Cl2N4. The minimum Gasteiger partial charge on any atom is -0.321 e. The molecule has 3 rings (SSSR count). The molecule has 0 atom stereocenters. The van der Waals surface area contributed by atoms with Crippen molar-refractivity contribution in [3.8, 4) is 0 Å². The zero-order chi connectivity index (χ0) is 14.1. The summed E-state index contributed by atoms with van der Waals surface area (Å²) in [5.41, 5.74) is 2.82.